The number of aromatic carboxylic acids is 3. The van der Waals surface area contributed by atoms with Gasteiger partial charge in [0.25, 0.3) is 0 Å². The molecule has 0 aliphatic carbocycles. The third-order valence-corrected chi connectivity index (χ3v) is 4.81. The van der Waals surface area contributed by atoms with Crippen molar-refractivity contribution in [1.82, 2.24) is 0 Å². The molecule has 0 saturated carbocycles. The van der Waals surface area contributed by atoms with Crippen LogP contribution >= 0.6 is 0 Å². The molecule has 39 heavy (non-hydrogen) atoms. The molecular weight excluding hydrogens is 597 g/mol. The third-order valence-electron chi connectivity index (χ3n) is 4.81. The maximum atomic E-state index is 13.9. The molecule has 0 spiro atoms. The molecule has 0 amide bonds. The fraction of sp³-hybridized carbons (Fsp3) is 0.278. The fourth-order valence-corrected chi connectivity index (χ4v) is 3.81. The average molecular weight is 600 g/mol. The van der Waals surface area contributed by atoms with Crippen molar-refractivity contribution in [3.8, 4) is 0 Å². The van der Waals surface area contributed by atoms with E-state index in [1.165, 1.54) is 0 Å². The highest BCUT2D eigenvalue weighted by atomic mass is 19.4. The first kappa shape index (κ1) is 31.3. The van der Waals surface area contributed by atoms with Crippen LogP contribution in [0.1, 0.15) is 58.9 Å². The molecule has 0 aliphatic heterocycles. The number of hydrogen-bond donors (Lipinski definition) is 3. The largest absolute Gasteiger partial charge is 0.478 e. The van der Waals surface area contributed by atoms with Gasteiger partial charge < -0.3 is 15.3 Å². The summed E-state index contributed by atoms with van der Waals surface area (Å²) in [5.74, 6) is -10.8. The van der Waals surface area contributed by atoms with Gasteiger partial charge in [0.2, 0.25) is 0 Å². The Morgan fingerprint density at radius 1 is 0.359 bits per heavy atom. The van der Waals surface area contributed by atoms with E-state index in [2.05, 4.69) is 0 Å². The molecule has 3 N–H and O–H groups in total. The van der Waals surface area contributed by atoms with Crippen molar-refractivity contribution in [2.45, 2.75) is 30.9 Å². The molecule has 0 unspecified atom stereocenters. The lowest BCUT2D eigenvalue weighted by atomic mass is 9.79. The van der Waals surface area contributed by atoms with Crippen LogP contribution in [0.25, 0.3) is 10.8 Å². The van der Waals surface area contributed by atoms with E-state index in [1.54, 1.807) is 0 Å². The normalized spacial score (nSPS) is 13.6. The van der Waals surface area contributed by atoms with Gasteiger partial charge in [0.05, 0.1) is 44.5 Å². The highest BCUT2D eigenvalue weighted by molar-refractivity contribution is 6.18. The van der Waals surface area contributed by atoms with E-state index >= 15 is 0 Å². The van der Waals surface area contributed by atoms with Gasteiger partial charge in [0.1, 0.15) is 0 Å². The summed E-state index contributed by atoms with van der Waals surface area (Å²) in [6.45, 7) is 0. The van der Waals surface area contributed by atoms with Crippen molar-refractivity contribution in [3.63, 3.8) is 0 Å². The first-order chi connectivity index (χ1) is 17.1. The third kappa shape index (κ3) is 5.20. The van der Waals surface area contributed by atoms with Crippen molar-refractivity contribution in [1.29, 1.82) is 0 Å². The van der Waals surface area contributed by atoms with Crippen LogP contribution in [-0.4, -0.2) is 33.2 Å². The van der Waals surface area contributed by atoms with Crippen LogP contribution < -0.4 is 0 Å². The lowest BCUT2D eigenvalue weighted by Crippen LogP contribution is -2.31. The standard InChI is InChI=1S/C18H3F15O6/c19-14(20,21)6-1-2(7(15(22,23)24)10(18(31,32)33)5(6)13(38)39)4(12(36)37)9(17(28,29)30)8(16(25,26)27)3(1)11(34)35/h(H,34,35)(H,36,37)(H,38,39). The van der Waals surface area contributed by atoms with Gasteiger partial charge in [-0.25, -0.2) is 14.4 Å². The summed E-state index contributed by atoms with van der Waals surface area (Å²) in [4.78, 5) is 34.6. The minimum atomic E-state index is -6.94. The molecule has 2 rings (SSSR count). The topological polar surface area (TPSA) is 112 Å². The minimum absolute atomic E-state index is 3.34. The lowest BCUT2D eigenvalue weighted by Gasteiger charge is -2.29. The zero-order valence-electron chi connectivity index (χ0n) is 17.2. The predicted molar refractivity (Wildman–Crippen MR) is 89.8 cm³/mol. The maximum absolute atomic E-state index is 13.9. The van der Waals surface area contributed by atoms with Crippen molar-refractivity contribution >= 4 is 28.7 Å². The molecule has 0 atom stereocenters. The van der Waals surface area contributed by atoms with Crippen LogP contribution in [0.5, 0.6) is 0 Å². The minimum Gasteiger partial charge on any atom is -0.478 e. The van der Waals surface area contributed by atoms with Crippen molar-refractivity contribution in [3.05, 3.63) is 44.5 Å². The van der Waals surface area contributed by atoms with Gasteiger partial charge in [-0.05, 0) is 0 Å². The molecule has 0 fully saturated rings. The smallest absolute Gasteiger partial charge is 0.417 e. The molecule has 0 bridgehead atoms. The van der Waals surface area contributed by atoms with Gasteiger partial charge in [-0.15, -0.1) is 0 Å². The second-order valence-electron chi connectivity index (χ2n) is 7.15. The monoisotopic (exact) mass is 600 g/mol. The number of carboxylic acids is 3. The quantitative estimate of drug-likeness (QED) is 0.327. The number of carboxylic acid groups (broad SMARTS) is 3. The molecule has 0 saturated heterocycles. The van der Waals surface area contributed by atoms with Crippen LogP contribution in [0.15, 0.2) is 0 Å². The van der Waals surface area contributed by atoms with Crippen LogP contribution in [0.4, 0.5) is 65.9 Å². The van der Waals surface area contributed by atoms with Gasteiger partial charge in [0.15, 0.2) is 0 Å². The Balaban J connectivity index is 4.01. The molecule has 0 aromatic heterocycles. The first-order valence-corrected chi connectivity index (χ1v) is 8.87. The van der Waals surface area contributed by atoms with E-state index in [-0.39, 0.29) is 0 Å². The zero-order chi connectivity index (χ0) is 31.0. The highest BCUT2D eigenvalue weighted by Gasteiger charge is 2.57. The molecular formula is C18H3F15O6. The molecule has 6 nitrogen and oxygen atoms in total. The summed E-state index contributed by atoms with van der Waals surface area (Å²) in [7, 11) is 0. The summed E-state index contributed by atoms with van der Waals surface area (Å²) in [6, 6.07) is 0. The Morgan fingerprint density at radius 2 is 0.564 bits per heavy atom. The number of hydrogen-bond acceptors (Lipinski definition) is 3. The van der Waals surface area contributed by atoms with Crippen LogP contribution in [-0.2, 0) is 30.9 Å². The average Bonchev–Trinajstić information content (AvgIpc) is 2.65. The van der Waals surface area contributed by atoms with E-state index < -0.39 is 104 Å². The predicted octanol–water partition coefficient (Wildman–Crippen LogP) is 7.03. The van der Waals surface area contributed by atoms with Gasteiger partial charge in [-0.2, -0.15) is 65.9 Å². The Labute approximate surface area is 200 Å². The summed E-state index contributed by atoms with van der Waals surface area (Å²) < 4.78 is 207. The highest BCUT2D eigenvalue weighted by Crippen LogP contribution is 2.56. The first-order valence-electron chi connectivity index (χ1n) is 8.87. The van der Waals surface area contributed by atoms with Crippen LogP contribution in [0, 0.1) is 0 Å². The molecule has 21 heteroatoms. The van der Waals surface area contributed by atoms with E-state index in [1.807, 2.05) is 0 Å². The molecule has 2 aromatic carbocycles. The van der Waals surface area contributed by atoms with E-state index in [0.29, 0.717) is 0 Å². The van der Waals surface area contributed by atoms with Gasteiger partial charge in [0, 0.05) is 10.8 Å². The number of alkyl halides is 15. The van der Waals surface area contributed by atoms with Crippen LogP contribution in [0.3, 0.4) is 0 Å². The lowest BCUT2D eigenvalue weighted by molar-refractivity contribution is -0.164. The maximum Gasteiger partial charge on any atom is 0.417 e. The Bertz CT molecular complexity index is 1410. The Morgan fingerprint density at radius 3 is 0.769 bits per heavy atom. The molecule has 0 aliphatic rings. The van der Waals surface area contributed by atoms with E-state index in [9.17, 15) is 80.2 Å². The summed E-state index contributed by atoms with van der Waals surface area (Å²) >= 11 is 0. The molecule has 2 aromatic rings. The van der Waals surface area contributed by atoms with Gasteiger partial charge in [-0.1, -0.05) is 0 Å². The summed E-state index contributed by atoms with van der Waals surface area (Å²) in [6.07, 6.45) is -34.4. The molecule has 216 valence electrons. The second kappa shape index (κ2) is 8.79. The SMILES string of the molecule is O=C(O)c1c(C(F)(F)F)c(C(F)(F)F)c2c(C(=O)O)c(C(F)(F)F)c(C(F)(F)F)c(C(=O)O)c2c1C(F)(F)F. The second-order valence-corrected chi connectivity index (χ2v) is 7.15. The van der Waals surface area contributed by atoms with Crippen molar-refractivity contribution in [2.75, 3.05) is 0 Å². The van der Waals surface area contributed by atoms with Crippen molar-refractivity contribution in [2.24, 2.45) is 0 Å². The number of halogens is 15. The van der Waals surface area contributed by atoms with Gasteiger partial charge >= 0.3 is 48.8 Å². The summed E-state index contributed by atoms with van der Waals surface area (Å²) in [5, 5.41) is 20.5. The van der Waals surface area contributed by atoms with Crippen molar-refractivity contribution < 1.29 is 95.6 Å². The number of carbonyl (C=O) groups is 3. The van der Waals surface area contributed by atoms with Crippen LogP contribution in [0.2, 0.25) is 0 Å². The molecule has 0 heterocycles. The van der Waals surface area contributed by atoms with E-state index in [4.69, 9.17) is 15.3 Å². The molecule has 0 radical (unpaired) electrons. The number of rotatable bonds is 3. The number of benzene rings is 2. The Kier molecular flexibility index (Phi) is 7.05. The Hall–Kier alpha value is -3.94. The van der Waals surface area contributed by atoms with Gasteiger partial charge in [-0.3, -0.25) is 0 Å². The summed E-state index contributed by atoms with van der Waals surface area (Å²) in [5.41, 5.74) is -29.8. The van der Waals surface area contributed by atoms with E-state index in [0.717, 1.165) is 0 Å². The fourth-order valence-electron chi connectivity index (χ4n) is 3.81. The zero-order valence-corrected chi connectivity index (χ0v) is 17.2. The number of fused-ring (bicyclic) bond motifs is 1.